The Hall–Kier alpha value is -1.17. The van der Waals surface area contributed by atoms with Crippen molar-refractivity contribution in [1.29, 1.82) is 0 Å². The molecule has 1 fully saturated rings. The van der Waals surface area contributed by atoms with Gasteiger partial charge in [0, 0.05) is 49.8 Å². The lowest BCUT2D eigenvalue weighted by molar-refractivity contribution is 0.0291. The highest BCUT2D eigenvalue weighted by Crippen LogP contribution is 2.43. The molecule has 3 N–H and O–H groups in total. The van der Waals surface area contributed by atoms with E-state index in [9.17, 15) is 14.6 Å². The number of aryl methyl sites for hydroxylation is 1. The SMILES string of the molecule is Cc1cc(F)cc([C@@H](N2CCNCC2)C(C)(C)CO)c1O. The van der Waals surface area contributed by atoms with E-state index in [1.807, 2.05) is 13.8 Å². The molecule has 0 spiro atoms. The molecule has 0 bridgehead atoms. The van der Waals surface area contributed by atoms with Gasteiger partial charge in [0.15, 0.2) is 0 Å². The third-order valence-corrected chi connectivity index (χ3v) is 4.25. The Morgan fingerprint density at radius 2 is 1.95 bits per heavy atom. The van der Waals surface area contributed by atoms with Gasteiger partial charge in [0.25, 0.3) is 0 Å². The van der Waals surface area contributed by atoms with E-state index in [1.54, 1.807) is 6.92 Å². The van der Waals surface area contributed by atoms with E-state index < -0.39 is 5.41 Å². The number of benzene rings is 1. The van der Waals surface area contributed by atoms with Crippen molar-refractivity contribution in [3.63, 3.8) is 0 Å². The minimum Gasteiger partial charge on any atom is -0.507 e. The van der Waals surface area contributed by atoms with Gasteiger partial charge in [-0.1, -0.05) is 13.8 Å². The number of rotatable bonds is 4. The van der Waals surface area contributed by atoms with Crippen molar-refractivity contribution in [2.75, 3.05) is 32.8 Å². The third-order valence-electron chi connectivity index (χ3n) is 4.25. The van der Waals surface area contributed by atoms with E-state index in [0.717, 1.165) is 26.2 Å². The normalized spacial score (nSPS) is 18.7. The zero-order chi connectivity index (χ0) is 15.6. The van der Waals surface area contributed by atoms with Crippen LogP contribution in [0, 0.1) is 18.2 Å². The number of hydrogen-bond donors (Lipinski definition) is 3. The number of aliphatic hydroxyl groups excluding tert-OH is 1. The highest BCUT2D eigenvalue weighted by atomic mass is 19.1. The van der Waals surface area contributed by atoms with Crippen molar-refractivity contribution in [3.05, 3.63) is 29.1 Å². The third kappa shape index (κ3) is 3.36. The maximum atomic E-state index is 13.8. The number of phenolic OH excluding ortho intramolecular Hbond substituents is 1. The van der Waals surface area contributed by atoms with Crippen LogP contribution in [0.2, 0.25) is 0 Å². The second kappa shape index (κ2) is 6.30. The van der Waals surface area contributed by atoms with E-state index in [2.05, 4.69) is 10.2 Å². The summed E-state index contributed by atoms with van der Waals surface area (Å²) in [6.45, 7) is 8.88. The Morgan fingerprint density at radius 1 is 1.33 bits per heavy atom. The first-order chi connectivity index (χ1) is 9.86. The number of aromatic hydroxyl groups is 1. The maximum Gasteiger partial charge on any atom is 0.124 e. The van der Waals surface area contributed by atoms with Crippen molar-refractivity contribution < 1.29 is 14.6 Å². The van der Waals surface area contributed by atoms with E-state index in [1.165, 1.54) is 12.1 Å². The molecular weight excluding hydrogens is 271 g/mol. The van der Waals surface area contributed by atoms with Crippen LogP contribution in [0.4, 0.5) is 4.39 Å². The first kappa shape index (κ1) is 16.2. The molecule has 2 rings (SSSR count). The van der Waals surface area contributed by atoms with Gasteiger partial charge in [0.2, 0.25) is 0 Å². The molecule has 21 heavy (non-hydrogen) atoms. The molecule has 0 saturated carbocycles. The van der Waals surface area contributed by atoms with Crippen LogP contribution in [0.5, 0.6) is 5.75 Å². The lowest BCUT2D eigenvalue weighted by atomic mass is 9.79. The van der Waals surface area contributed by atoms with E-state index >= 15 is 0 Å². The fourth-order valence-electron chi connectivity index (χ4n) is 3.11. The minimum absolute atomic E-state index is 0.0312. The molecule has 1 heterocycles. The maximum absolute atomic E-state index is 13.8. The molecule has 1 saturated heterocycles. The van der Waals surface area contributed by atoms with Gasteiger partial charge in [0.05, 0.1) is 0 Å². The second-order valence-electron chi connectivity index (χ2n) is 6.50. The summed E-state index contributed by atoms with van der Waals surface area (Å²) in [5, 5.41) is 23.4. The number of nitrogens with zero attached hydrogens (tertiary/aromatic N) is 1. The van der Waals surface area contributed by atoms with Crippen LogP contribution in [0.3, 0.4) is 0 Å². The molecular formula is C16H25FN2O2. The van der Waals surface area contributed by atoms with E-state index in [-0.39, 0.29) is 24.2 Å². The van der Waals surface area contributed by atoms with Crippen LogP contribution in [0.25, 0.3) is 0 Å². The summed E-state index contributed by atoms with van der Waals surface area (Å²) in [6.07, 6.45) is 0. The molecule has 1 aliphatic rings. The lowest BCUT2D eigenvalue weighted by Crippen LogP contribution is -2.49. The van der Waals surface area contributed by atoms with Gasteiger partial charge >= 0.3 is 0 Å². The van der Waals surface area contributed by atoms with Crippen molar-refractivity contribution in [3.8, 4) is 5.75 Å². The Labute approximate surface area is 125 Å². The molecule has 0 aliphatic carbocycles. The second-order valence-corrected chi connectivity index (χ2v) is 6.50. The first-order valence-electron chi connectivity index (χ1n) is 7.41. The molecule has 1 aromatic carbocycles. The number of halogens is 1. The van der Waals surface area contributed by atoms with E-state index in [0.29, 0.717) is 11.1 Å². The Kier molecular flexibility index (Phi) is 4.86. The molecule has 0 radical (unpaired) electrons. The predicted molar refractivity (Wildman–Crippen MR) is 80.9 cm³/mol. The van der Waals surface area contributed by atoms with Gasteiger partial charge in [-0.05, 0) is 24.6 Å². The molecule has 1 aromatic rings. The fourth-order valence-corrected chi connectivity index (χ4v) is 3.11. The fraction of sp³-hybridized carbons (Fsp3) is 0.625. The smallest absolute Gasteiger partial charge is 0.124 e. The van der Waals surface area contributed by atoms with Gasteiger partial charge < -0.3 is 15.5 Å². The molecule has 1 aliphatic heterocycles. The summed E-state index contributed by atoms with van der Waals surface area (Å²) >= 11 is 0. The number of aliphatic hydroxyl groups is 1. The van der Waals surface area contributed by atoms with Gasteiger partial charge in [-0.2, -0.15) is 0 Å². The Morgan fingerprint density at radius 3 is 2.52 bits per heavy atom. The van der Waals surface area contributed by atoms with Gasteiger partial charge in [0.1, 0.15) is 11.6 Å². The molecule has 0 amide bonds. The average Bonchev–Trinajstić information content (AvgIpc) is 2.45. The van der Waals surface area contributed by atoms with E-state index in [4.69, 9.17) is 0 Å². The van der Waals surface area contributed by atoms with Crippen LogP contribution in [0.15, 0.2) is 12.1 Å². The van der Waals surface area contributed by atoms with Crippen molar-refractivity contribution >= 4 is 0 Å². The molecule has 118 valence electrons. The molecule has 5 heteroatoms. The summed E-state index contributed by atoms with van der Waals surface area (Å²) in [4.78, 5) is 2.21. The number of phenols is 1. The molecule has 0 aromatic heterocycles. The predicted octanol–water partition coefficient (Wildman–Crippen LogP) is 1.80. The highest BCUT2D eigenvalue weighted by Gasteiger charge is 2.37. The monoisotopic (exact) mass is 296 g/mol. The van der Waals surface area contributed by atoms with Crippen molar-refractivity contribution in [2.24, 2.45) is 5.41 Å². The van der Waals surface area contributed by atoms with Crippen molar-refractivity contribution in [2.45, 2.75) is 26.8 Å². The number of hydrogen-bond acceptors (Lipinski definition) is 4. The zero-order valence-corrected chi connectivity index (χ0v) is 13.0. The van der Waals surface area contributed by atoms with Gasteiger partial charge in [-0.25, -0.2) is 4.39 Å². The molecule has 1 atom stereocenters. The lowest BCUT2D eigenvalue weighted by Gasteiger charge is -2.43. The van der Waals surface area contributed by atoms with Crippen LogP contribution < -0.4 is 5.32 Å². The summed E-state index contributed by atoms with van der Waals surface area (Å²) in [6, 6.07) is 2.51. The van der Waals surface area contributed by atoms with Crippen LogP contribution in [0.1, 0.15) is 31.0 Å². The van der Waals surface area contributed by atoms with Crippen LogP contribution in [-0.2, 0) is 0 Å². The Balaban J connectivity index is 2.49. The zero-order valence-electron chi connectivity index (χ0n) is 13.0. The quantitative estimate of drug-likeness (QED) is 0.793. The molecule has 4 nitrogen and oxygen atoms in total. The topological polar surface area (TPSA) is 55.7 Å². The van der Waals surface area contributed by atoms with Crippen LogP contribution >= 0.6 is 0 Å². The van der Waals surface area contributed by atoms with Gasteiger partial charge in [-0.3, -0.25) is 4.90 Å². The number of nitrogens with one attached hydrogen (secondary N) is 1. The minimum atomic E-state index is -0.477. The summed E-state index contributed by atoms with van der Waals surface area (Å²) < 4.78 is 13.8. The van der Waals surface area contributed by atoms with Gasteiger partial charge in [-0.15, -0.1) is 0 Å². The Bertz CT molecular complexity index is 499. The van der Waals surface area contributed by atoms with Crippen molar-refractivity contribution in [1.82, 2.24) is 10.2 Å². The summed E-state index contributed by atoms with van der Waals surface area (Å²) in [5.74, 6) is -0.226. The van der Waals surface area contributed by atoms with Crippen LogP contribution in [-0.4, -0.2) is 47.9 Å². The highest BCUT2D eigenvalue weighted by molar-refractivity contribution is 5.43. The number of piperazine rings is 1. The standard InChI is InChI=1S/C16H25FN2O2/c1-11-8-12(17)9-13(14(11)21)15(16(2,3)10-20)19-6-4-18-5-7-19/h8-9,15,18,20-21H,4-7,10H2,1-3H3/t15-/m1/s1. The first-order valence-corrected chi connectivity index (χ1v) is 7.41. The molecule has 0 unspecified atom stereocenters. The summed E-state index contributed by atoms with van der Waals surface area (Å²) in [7, 11) is 0. The largest absolute Gasteiger partial charge is 0.507 e. The average molecular weight is 296 g/mol. The summed E-state index contributed by atoms with van der Waals surface area (Å²) in [5.41, 5.74) is 0.613.